The van der Waals surface area contributed by atoms with Gasteiger partial charge in [0, 0.05) is 26.2 Å². The van der Waals surface area contributed by atoms with Crippen LogP contribution in [-0.4, -0.2) is 9.55 Å². The average Bonchev–Trinajstić information content (AvgIpc) is 3.55. The van der Waals surface area contributed by atoms with E-state index in [1.165, 1.54) is 41.7 Å². The second-order valence-electron chi connectivity index (χ2n) is 8.39. The highest BCUT2D eigenvalue weighted by molar-refractivity contribution is 7.27. The van der Waals surface area contributed by atoms with Crippen LogP contribution in [0.4, 0.5) is 0 Å². The zero-order valence-electron chi connectivity index (χ0n) is 17.4. The van der Waals surface area contributed by atoms with Crippen LogP contribution in [0.15, 0.2) is 101 Å². The monoisotopic (exact) mass is 440 g/mol. The fraction of sp³-hybridized carbons (Fsp3) is 0. The van der Waals surface area contributed by atoms with Crippen LogP contribution in [0, 0.1) is 0 Å². The van der Waals surface area contributed by atoms with Gasteiger partial charge < -0.3 is 4.42 Å². The molecule has 0 atom stereocenters. The molecule has 8 rings (SSSR count). The second-order valence-corrected chi connectivity index (χ2v) is 9.44. The number of fused-ring (bicyclic) bond motifs is 11. The van der Waals surface area contributed by atoms with Crippen molar-refractivity contribution in [2.75, 3.05) is 0 Å². The minimum absolute atomic E-state index is 0.608. The van der Waals surface area contributed by atoms with Crippen LogP contribution in [0.25, 0.3) is 69.9 Å². The van der Waals surface area contributed by atoms with E-state index >= 15 is 0 Å². The van der Waals surface area contributed by atoms with Gasteiger partial charge in [0.1, 0.15) is 5.52 Å². The predicted molar refractivity (Wildman–Crippen MR) is 139 cm³/mol. The van der Waals surface area contributed by atoms with Crippen molar-refractivity contribution in [1.29, 1.82) is 0 Å². The summed E-state index contributed by atoms with van der Waals surface area (Å²) in [6, 6.07) is 34.6. The predicted octanol–water partition coefficient (Wildman–Crippen LogP) is 8.45. The minimum atomic E-state index is 0.608. The Morgan fingerprint density at radius 2 is 1.30 bits per heavy atom. The van der Waals surface area contributed by atoms with Gasteiger partial charge in [0.2, 0.25) is 0 Å². The first-order valence-electron chi connectivity index (χ1n) is 11.0. The Hall–Kier alpha value is -4.15. The first kappa shape index (κ1) is 17.4. The van der Waals surface area contributed by atoms with Gasteiger partial charge in [0.15, 0.2) is 5.58 Å². The molecule has 0 aliphatic rings. The smallest absolute Gasteiger partial charge is 0.307 e. The molecule has 8 aromatic rings. The summed E-state index contributed by atoms with van der Waals surface area (Å²) >= 11 is 1.85. The molecule has 0 aliphatic carbocycles. The van der Waals surface area contributed by atoms with E-state index in [1.54, 1.807) is 0 Å². The largest absolute Gasteiger partial charge is 0.423 e. The van der Waals surface area contributed by atoms with Crippen molar-refractivity contribution in [2.45, 2.75) is 0 Å². The van der Waals surface area contributed by atoms with Gasteiger partial charge >= 0.3 is 6.01 Å². The molecule has 154 valence electrons. The molecule has 4 heteroatoms. The van der Waals surface area contributed by atoms with Crippen LogP contribution in [0.1, 0.15) is 0 Å². The number of hydrogen-bond donors (Lipinski definition) is 0. The van der Waals surface area contributed by atoms with E-state index in [9.17, 15) is 0 Å². The third-order valence-corrected chi connectivity index (χ3v) is 7.80. The number of thiophene rings is 1. The summed E-state index contributed by atoms with van der Waals surface area (Å²) in [5.74, 6) is 0. The van der Waals surface area contributed by atoms with Crippen molar-refractivity contribution in [1.82, 2.24) is 9.55 Å². The van der Waals surface area contributed by atoms with E-state index < -0.39 is 0 Å². The summed E-state index contributed by atoms with van der Waals surface area (Å²) < 4.78 is 11.1. The van der Waals surface area contributed by atoms with Gasteiger partial charge in [0.25, 0.3) is 0 Å². The Kier molecular flexibility index (Phi) is 3.28. The summed E-state index contributed by atoms with van der Waals surface area (Å²) in [7, 11) is 0. The van der Waals surface area contributed by atoms with Crippen molar-refractivity contribution in [3.05, 3.63) is 97.1 Å². The molecule has 33 heavy (non-hydrogen) atoms. The Morgan fingerprint density at radius 1 is 0.636 bits per heavy atom. The molecule has 5 aromatic carbocycles. The fourth-order valence-corrected chi connectivity index (χ4v) is 6.54. The minimum Gasteiger partial charge on any atom is -0.423 e. The highest BCUT2D eigenvalue weighted by Crippen LogP contribution is 2.47. The van der Waals surface area contributed by atoms with Gasteiger partial charge in [-0.05, 0) is 35.0 Å². The van der Waals surface area contributed by atoms with Crippen molar-refractivity contribution < 1.29 is 4.42 Å². The van der Waals surface area contributed by atoms with Crippen LogP contribution in [0.3, 0.4) is 0 Å². The molecule has 0 saturated heterocycles. The zero-order chi connectivity index (χ0) is 21.5. The molecule has 0 fully saturated rings. The lowest BCUT2D eigenvalue weighted by Crippen LogP contribution is -1.94. The maximum atomic E-state index is 6.32. The molecule has 0 spiro atoms. The molecule has 0 saturated carbocycles. The molecule has 3 heterocycles. The quantitative estimate of drug-likeness (QED) is 0.256. The first-order chi connectivity index (χ1) is 16.4. The molecule has 0 aliphatic heterocycles. The normalized spacial score (nSPS) is 12.2. The van der Waals surface area contributed by atoms with Gasteiger partial charge in [-0.25, -0.2) is 0 Å². The topological polar surface area (TPSA) is 31.0 Å². The summed E-state index contributed by atoms with van der Waals surface area (Å²) in [4.78, 5) is 4.90. The van der Waals surface area contributed by atoms with Crippen LogP contribution in [-0.2, 0) is 0 Å². The molecular weight excluding hydrogens is 424 g/mol. The number of aromatic nitrogens is 2. The van der Waals surface area contributed by atoms with Crippen LogP contribution < -0.4 is 0 Å². The summed E-state index contributed by atoms with van der Waals surface area (Å²) in [6.45, 7) is 0. The third kappa shape index (κ3) is 2.21. The third-order valence-electron chi connectivity index (χ3n) is 6.62. The lowest BCUT2D eigenvalue weighted by atomic mass is 9.99. The van der Waals surface area contributed by atoms with E-state index in [2.05, 4.69) is 77.4 Å². The van der Waals surface area contributed by atoms with Crippen molar-refractivity contribution >= 4 is 75.2 Å². The number of hydrogen-bond acceptors (Lipinski definition) is 3. The molecule has 0 amide bonds. The number of oxazole rings is 1. The summed E-state index contributed by atoms with van der Waals surface area (Å²) in [5.41, 5.74) is 3.94. The molecule has 0 N–H and O–H groups in total. The number of benzene rings is 5. The molecular formula is C29H16N2OS. The molecule has 0 radical (unpaired) electrons. The van der Waals surface area contributed by atoms with Gasteiger partial charge in [0.05, 0.1) is 15.7 Å². The van der Waals surface area contributed by atoms with Crippen LogP contribution >= 0.6 is 11.3 Å². The van der Waals surface area contributed by atoms with E-state index in [4.69, 9.17) is 9.40 Å². The van der Waals surface area contributed by atoms with E-state index in [1.807, 2.05) is 35.6 Å². The standard InChI is InChI=1S/C29H16N2OS/c1-2-10-18-17(9-1)25-19-11-3-6-14-22(19)31(29-30-21-13-5-7-15-23(21)32-29)27(25)28-26(18)20-12-4-8-16-24(20)33-28/h1-16H. The lowest BCUT2D eigenvalue weighted by Gasteiger charge is -2.07. The van der Waals surface area contributed by atoms with Crippen LogP contribution in [0.5, 0.6) is 0 Å². The summed E-state index contributed by atoms with van der Waals surface area (Å²) in [6.07, 6.45) is 0. The molecule has 0 unspecified atom stereocenters. The Labute approximate surface area is 192 Å². The zero-order valence-corrected chi connectivity index (χ0v) is 18.3. The van der Waals surface area contributed by atoms with Gasteiger partial charge in [-0.1, -0.05) is 72.8 Å². The Morgan fingerprint density at radius 3 is 2.15 bits per heavy atom. The second kappa shape index (κ2) is 6.21. The molecule has 3 nitrogen and oxygen atoms in total. The van der Waals surface area contributed by atoms with Crippen molar-refractivity contribution in [3.8, 4) is 6.01 Å². The van der Waals surface area contributed by atoms with E-state index in [0.717, 1.165) is 22.1 Å². The maximum Gasteiger partial charge on any atom is 0.307 e. The highest BCUT2D eigenvalue weighted by atomic mass is 32.1. The van der Waals surface area contributed by atoms with E-state index in [0.29, 0.717) is 6.01 Å². The van der Waals surface area contributed by atoms with E-state index in [-0.39, 0.29) is 0 Å². The van der Waals surface area contributed by atoms with Gasteiger partial charge in [-0.3, -0.25) is 4.57 Å². The molecule has 3 aromatic heterocycles. The van der Waals surface area contributed by atoms with Crippen LogP contribution in [0.2, 0.25) is 0 Å². The van der Waals surface area contributed by atoms with Gasteiger partial charge in [-0.15, -0.1) is 11.3 Å². The fourth-order valence-electron chi connectivity index (χ4n) is 5.28. The highest BCUT2D eigenvalue weighted by Gasteiger charge is 2.23. The molecule has 0 bridgehead atoms. The number of rotatable bonds is 1. The van der Waals surface area contributed by atoms with Crippen molar-refractivity contribution in [2.24, 2.45) is 0 Å². The van der Waals surface area contributed by atoms with Gasteiger partial charge in [-0.2, -0.15) is 4.98 Å². The lowest BCUT2D eigenvalue weighted by molar-refractivity contribution is 0.575. The Balaban J connectivity index is 1.72. The Bertz CT molecular complexity index is 2010. The first-order valence-corrected chi connectivity index (χ1v) is 11.8. The summed E-state index contributed by atoms with van der Waals surface area (Å²) in [5, 5.41) is 7.61. The average molecular weight is 441 g/mol. The number of para-hydroxylation sites is 3. The van der Waals surface area contributed by atoms with Crippen molar-refractivity contribution in [3.63, 3.8) is 0 Å². The SMILES string of the molecule is c1ccc2oc(-n3c4ccccc4c4c5ccccc5c5c6ccccc6sc5c43)nc2c1. The number of nitrogens with zero attached hydrogens (tertiary/aromatic N) is 2. The maximum absolute atomic E-state index is 6.32.